The molecular weight excluding hydrogens is 354 g/mol. The molecule has 0 spiro atoms. The SMILES string of the molecule is COc1cccc(-c2c(-c3cccc(C)c3)nc(Cl)c3ccc(C)cc23)c1. The maximum Gasteiger partial charge on any atom is 0.137 e. The van der Waals surface area contributed by atoms with E-state index in [1.807, 2.05) is 24.3 Å². The molecule has 0 bridgehead atoms. The van der Waals surface area contributed by atoms with Gasteiger partial charge in [-0.15, -0.1) is 0 Å². The molecule has 0 N–H and O–H groups in total. The molecule has 0 fully saturated rings. The summed E-state index contributed by atoms with van der Waals surface area (Å²) in [6.45, 7) is 4.18. The molecular formula is C24H20ClNO. The molecule has 0 aliphatic carbocycles. The van der Waals surface area contributed by atoms with Crippen LogP contribution in [0.4, 0.5) is 0 Å². The van der Waals surface area contributed by atoms with Crippen molar-refractivity contribution in [3.8, 4) is 28.1 Å². The number of halogens is 1. The van der Waals surface area contributed by atoms with Crippen LogP contribution >= 0.6 is 11.6 Å². The van der Waals surface area contributed by atoms with Gasteiger partial charge in [0.1, 0.15) is 10.9 Å². The molecule has 0 saturated heterocycles. The van der Waals surface area contributed by atoms with Gasteiger partial charge in [-0.3, -0.25) is 0 Å². The van der Waals surface area contributed by atoms with Crippen molar-refractivity contribution in [1.82, 2.24) is 4.98 Å². The molecule has 27 heavy (non-hydrogen) atoms. The molecule has 4 rings (SSSR count). The normalized spacial score (nSPS) is 11.0. The number of pyridine rings is 1. The highest BCUT2D eigenvalue weighted by Crippen LogP contribution is 2.40. The van der Waals surface area contributed by atoms with Crippen LogP contribution in [0.25, 0.3) is 33.2 Å². The molecule has 2 nitrogen and oxygen atoms in total. The second kappa shape index (κ2) is 7.05. The van der Waals surface area contributed by atoms with E-state index in [-0.39, 0.29) is 0 Å². The summed E-state index contributed by atoms with van der Waals surface area (Å²) in [5.74, 6) is 0.818. The zero-order chi connectivity index (χ0) is 19.0. The molecule has 1 heterocycles. The average Bonchev–Trinajstić information content (AvgIpc) is 2.67. The number of hydrogen-bond acceptors (Lipinski definition) is 2. The van der Waals surface area contributed by atoms with Crippen molar-refractivity contribution in [2.75, 3.05) is 7.11 Å². The van der Waals surface area contributed by atoms with Crippen LogP contribution in [0.15, 0.2) is 66.7 Å². The van der Waals surface area contributed by atoms with E-state index in [0.29, 0.717) is 5.15 Å². The van der Waals surface area contributed by atoms with Gasteiger partial charge in [-0.1, -0.05) is 71.3 Å². The Kier molecular flexibility index (Phi) is 4.59. The minimum atomic E-state index is 0.521. The molecule has 0 unspecified atom stereocenters. The van der Waals surface area contributed by atoms with E-state index in [9.17, 15) is 0 Å². The van der Waals surface area contributed by atoms with Gasteiger partial charge in [-0.05, 0) is 43.0 Å². The number of ether oxygens (including phenoxy) is 1. The minimum Gasteiger partial charge on any atom is -0.497 e. The largest absolute Gasteiger partial charge is 0.497 e. The zero-order valence-corrected chi connectivity index (χ0v) is 16.3. The monoisotopic (exact) mass is 373 g/mol. The molecule has 0 aliphatic rings. The van der Waals surface area contributed by atoms with Gasteiger partial charge < -0.3 is 4.74 Å². The van der Waals surface area contributed by atoms with Gasteiger partial charge in [0.15, 0.2) is 0 Å². The zero-order valence-electron chi connectivity index (χ0n) is 15.6. The lowest BCUT2D eigenvalue weighted by Crippen LogP contribution is -1.95. The Balaban J connectivity index is 2.13. The van der Waals surface area contributed by atoms with Crippen molar-refractivity contribution >= 4 is 22.4 Å². The van der Waals surface area contributed by atoms with Crippen molar-refractivity contribution in [1.29, 1.82) is 0 Å². The summed E-state index contributed by atoms with van der Waals surface area (Å²) in [6, 6.07) is 22.7. The molecule has 0 radical (unpaired) electrons. The average molecular weight is 374 g/mol. The molecule has 4 aromatic rings. The summed E-state index contributed by atoms with van der Waals surface area (Å²) in [5.41, 5.74) is 6.44. The minimum absolute atomic E-state index is 0.521. The van der Waals surface area contributed by atoms with Gasteiger partial charge in [0.2, 0.25) is 0 Å². The Morgan fingerprint density at radius 2 is 1.52 bits per heavy atom. The number of methoxy groups -OCH3 is 1. The Labute approximate surface area is 164 Å². The highest BCUT2D eigenvalue weighted by Gasteiger charge is 2.17. The Bertz CT molecular complexity index is 1150. The maximum atomic E-state index is 6.59. The van der Waals surface area contributed by atoms with Crippen LogP contribution in [-0.2, 0) is 0 Å². The number of nitrogens with zero attached hydrogens (tertiary/aromatic N) is 1. The van der Waals surface area contributed by atoms with Crippen LogP contribution in [0.1, 0.15) is 11.1 Å². The van der Waals surface area contributed by atoms with Crippen LogP contribution in [0, 0.1) is 13.8 Å². The molecule has 0 aliphatic heterocycles. The fourth-order valence-electron chi connectivity index (χ4n) is 3.46. The van der Waals surface area contributed by atoms with Crippen molar-refractivity contribution < 1.29 is 4.74 Å². The van der Waals surface area contributed by atoms with Crippen molar-refractivity contribution in [3.63, 3.8) is 0 Å². The summed E-state index contributed by atoms with van der Waals surface area (Å²) < 4.78 is 5.45. The highest BCUT2D eigenvalue weighted by atomic mass is 35.5. The van der Waals surface area contributed by atoms with Gasteiger partial charge in [0, 0.05) is 16.5 Å². The summed E-state index contributed by atoms with van der Waals surface area (Å²) in [5, 5.41) is 2.57. The summed E-state index contributed by atoms with van der Waals surface area (Å²) in [6.07, 6.45) is 0. The predicted octanol–water partition coefficient (Wildman–Crippen LogP) is 6.85. The van der Waals surface area contributed by atoms with Crippen LogP contribution < -0.4 is 4.74 Å². The van der Waals surface area contributed by atoms with E-state index in [1.54, 1.807) is 7.11 Å². The van der Waals surface area contributed by atoms with Gasteiger partial charge in [0.05, 0.1) is 12.8 Å². The number of aromatic nitrogens is 1. The fourth-order valence-corrected chi connectivity index (χ4v) is 3.71. The van der Waals surface area contributed by atoms with E-state index in [4.69, 9.17) is 21.3 Å². The van der Waals surface area contributed by atoms with Gasteiger partial charge >= 0.3 is 0 Å². The van der Waals surface area contributed by atoms with E-state index >= 15 is 0 Å². The second-order valence-corrected chi connectivity index (χ2v) is 7.13. The lowest BCUT2D eigenvalue weighted by atomic mass is 9.93. The predicted molar refractivity (Wildman–Crippen MR) is 114 cm³/mol. The first-order chi connectivity index (χ1) is 13.1. The van der Waals surface area contributed by atoms with Gasteiger partial charge in [-0.25, -0.2) is 4.98 Å². The lowest BCUT2D eigenvalue weighted by molar-refractivity contribution is 0.415. The standard InChI is InChI=1S/C24H20ClNO/c1-15-6-4-8-18(12-15)23-22(17-7-5-9-19(14-17)27-3)21-13-16(2)10-11-20(21)24(25)26-23/h4-14H,1-3H3. The van der Waals surface area contributed by atoms with Crippen LogP contribution in [-0.4, -0.2) is 12.1 Å². The third-order valence-electron chi connectivity index (χ3n) is 4.76. The highest BCUT2D eigenvalue weighted by molar-refractivity contribution is 6.35. The molecule has 3 aromatic carbocycles. The van der Waals surface area contributed by atoms with Crippen LogP contribution in [0.3, 0.4) is 0 Å². The fraction of sp³-hybridized carbons (Fsp3) is 0.125. The topological polar surface area (TPSA) is 22.1 Å². The Hall–Kier alpha value is -2.84. The number of hydrogen-bond donors (Lipinski definition) is 0. The number of benzene rings is 3. The number of rotatable bonds is 3. The number of aryl methyl sites for hydroxylation is 2. The second-order valence-electron chi connectivity index (χ2n) is 6.78. The molecule has 0 amide bonds. The number of fused-ring (bicyclic) bond motifs is 1. The third kappa shape index (κ3) is 3.29. The molecule has 0 atom stereocenters. The quantitative estimate of drug-likeness (QED) is 0.366. The van der Waals surface area contributed by atoms with Crippen LogP contribution in [0.5, 0.6) is 5.75 Å². The Morgan fingerprint density at radius 3 is 2.30 bits per heavy atom. The molecule has 1 aromatic heterocycles. The maximum absolute atomic E-state index is 6.59. The van der Waals surface area contributed by atoms with Crippen LogP contribution in [0.2, 0.25) is 5.15 Å². The van der Waals surface area contributed by atoms with Crippen molar-refractivity contribution in [2.45, 2.75) is 13.8 Å². The van der Waals surface area contributed by atoms with Gasteiger partial charge in [-0.2, -0.15) is 0 Å². The smallest absolute Gasteiger partial charge is 0.137 e. The van der Waals surface area contributed by atoms with E-state index in [2.05, 4.69) is 56.3 Å². The summed E-state index contributed by atoms with van der Waals surface area (Å²) >= 11 is 6.59. The van der Waals surface area contributed by atoms with E-state index in [0.717, 1.165) is 38.9 Å². The summed E-state index contributed by atoms with van der Waals surface area (Å²) in [4.78, 5) is 4.80. The van der Waals surface area contributed by atoms with E-state index < -0.39 is 0 Å². The first-order valence-corrected chi connectivity index (χ1v) is 9.26. The molecule has 0 saturated carbocycles. The molecule has 3 heteroatoms. The summed E-state index contributed by atoms with van der Waals surface area (Å²) in [7, 11) is 1.68. The first kappa shape index (κ1) is 17.6. The van der Waals surface area contributed by atoms with E-state index in [1.165, 1.54) is 11.1 Å². The van der Waals surface area contributed by atoms with Crippen molar-refractivity contribution in [3.05, 3.63) is 83.0 Å². The van der Waals surface area contributed by atoms with Gasteiger partial charge in [0.25, 0.3) is 0 Å². The Morgan fingerprint density at radius 1 is 0.778 bits per heavy atom. The van der Waals surface area contributed by atoms with Crippen molar-refractivity contribution in [2.24, 2.45) is 0 Å². The molecule has 134 valence electrons. The third-order valence-corrected chi connectivity index (χ3v) is 5.05. The first-order valence-electron chi connectivity index (χ1n) is 8.88. The lowest BCUT2D eigenvalue weighted by Gasteiger charge is -2.16.